The Morgan fingerprint density at radius 1 is 0.458 bits per heavy atom. The van der Waals surface area contributed by atoms with Gasteiger partial charge in [-0.05, 0) is 37.0 Å². The molecule has 0 aromatic heterocycles. The van der Waals surface area contributed by atoms with Crippen molar-refractivity contribution in [2.75, 3.05) is 0 Å². The van der Waals surface area contributed by atoms with Crippen molar-refractivity contribution >= 4 is 78.3 Å². The molecular weight excluding hydrogens is 767 g/mol. The zero-order valence-corrected chi connectivity index (χ0v) is 37.3. The maximum atomic E-state index is 10.4. The second-order valence-corrected chi connectivity index (χ2v) is 16.3. The van der Waals surface area contributed by atoms with Crippen molar-refractivity contribution in [1.29, 1.82) is 0 Å². The Bertz CT molecular complexity index is 629. The van der Waals surface area contributed by atoms with Crippen molar-refractivity contribution in [3.8, 4) is 0 Å². The molecule has 6 nitrogen and oxygen atoms in total. The molecule has 10 heteroatoms. The first-order valence-electron chi connectivity index (χ1n) is 19.1. The fraction of sp³-hybridized carbons (Fsp3) is 0.921. The number of hydrogen-bond acceptors (Lipinski definition) is 9. The average molecular weight is 842 g/mol. The van der Waals surface area contributed by atoms with E-state index in [0.29, 0.717) is 37.0 Å². The summed E-state index contributed by atoms with van der Waals surface area (Å²) in [6.07, 6.45) is 24.1. The van der Waals surface area contributed by atoms with E-state index in [1.807, 2.05) is 0 Å². The van der Waals surface area contributed by atoms with Crippen LogP contribution in [0.2, 0.25) is 4.44 Å². The minimum absolute atomic E-state index is 0.486. The first-order valence-corrected chi connectivity index (χ1v) is 22.6. The Kier molecular flexibility index (Phi) is 47.8. The summed E-state index contributed by atoms with van der Waals surface area (Å²) in [5.74, 6) is -1.67. The second-order valence-electron chi connectivity index (χ2n) is 13.0. The van der Waals surface area contributed by atoms with Crippen LogP contribution in [0.1, 0.15) is 183 Å². The van der Waals surface area contributed by atoms with Crippen LogP contribution in [0.3, 0.4) is 0 Å². The number of carbonyl (C=O) groups excluding carboxylic acids is 3. The standard InChI is InChI=1S/3C10H20O2S.C8H17.Sn/c3*1-3-5-6-8(4-2)7-9(13)10(11)12;1-3-5-7-8-6-4-2;/h3*8-9,13H,3-7H2,1-2H3,(H,11,12);1,3-8H2,2H3;/q;;;;+3/p-3. The van der Waals surface area contributed by atoms with Crippen molar-refractivity contribution in [2.45, 2.75) is 203 Å². The molecular formula is C38H74O6S3Sn. The van der Waals surface area contributed by atoms with E-state index in [2.05, 4.69) is 86.4 Å². The van der Waals surface area contributed by atoms with E-state index >= 15 is 0 Å². The molecule has 0 radical (unpaired) electrons. The molecule has 0 aliphatic carbocycles. The average Bonchev–Trinajstić information content (AvgIpc) is 3.07. The van der Waals surface area contributed by atoms with Gasteiger partial charge in [-0.15, -0.1) is 0 Å². The summed E-state index contributed by atoms with van der Waals surface area (Å²) in [5.41, 5.74) is 0. The normalized spacial score (nSPS) is 14.3. The number of carbonyl (C=O) groups is 3. The number of aliphatic carboxylic acids is 3. The molecule has 0 bridgehead atoms. The van der Waals surface area contributed by atoms with Gasteiger partial charge < -0.3 is 29.7 Å². The van der Waals surface area contributed by atoms with Gasteiger partial charge in [-0.25, -0.2) is 0 Å². The third-order valence-electron chi connectivity index (χ3n) is 8.65. The van der Waals surface area contributed by atoms with Gasteiger partial charge in [-0.1, -0.05) is 119 Å². The molecule has 0 saturated heterocycles. The van der Waals surface area contributed by atoms with Crippen molar-refractivity contribution in [3.05, 3.63) is 0 Å². The molecule has 0 heterocycles. The predicted octanol–water partition coefficient (Wildman–Crippen LogP) is 7.86. The van der Waals surface area contributed by atoms with Crippen LogP contribution in [-0.4, -0.2) is 56.2 Å². The van der Waals surface area contributed by atoms with Crippen molar-refractivity contribution in [2.24, 2.45) is 17.8 Å². The molecule has 0 N–H and O–H groups in total. The number of thiol groups is 3. The molecule has 6 atom stereocenters. The molecule has 0 rings (SSSR count). The van der Waals surface area contributed by atoms with Crippen molar-refractivity contribution in [3.63, 3.8) is 0 Å². The first kappa shape index (κ1) is 55.0. The SMILES string of the molecule is CCCCC(CC)CC(S)C(=O)[O-].CCCCC(CC)CC(S)C(=O)[O-].CCCCC(CC)CC(S)C(=O)[O-].CCCCCCC[CH2][Sn+3]. The molecule has 0 aliphatic rings. The Balaban J connectivity index is -0.000000271. The summed E-state index contributed by atoms with van der Waals surface area (Å²) in [6, 6.07) is 0. The molecule has 284 valence electrons. The fourth-order valence-electron chi connectivity index (χ4n) is 5.09. The van der Waals surface area contributed by atoms with Crippen LogP contribution < -0.4 is 15.3 Å². The number of hydrogen-bond donors (Lipinski definition) is 3. The summed E-state index contributed by atoms with van der Waals surface area (Å²) in [7, 11) is 0. The first-order chi connectivity index (χ1) is 22.8. The Morgan fingerprint density at radius 2 is 0.708 bits per heavy atom. The van der Waals surface area contributed by atoms with Gasteiger partial charge >= 0.3 is 72.4 Å². The Morgan fingerprint density at radius 3 is 0.917 bits per heavy atom. The van der Waals surface area contributed by atoms with Gasteiger partial charge in [-0.3, -0.25) is 0 Å². The van der Waals surface area contributed by atoms with Crippen LogP contribution in [0.25, 0.3) is 0 Å². The van der Waals surface area contributed by atoms with Crippen LogP contribution in [0, 0.1) is 17.8 Å². The van der Waals surface area contributed by atoms with Crippen LogP contribution in [-0.2, 0) is 14.4 Å². The Hall–Kier alpha value is 0.259. The van der Waals surface area contributed by atoms with Gasteiger partial charge in [0.2, 0.25) is 0 Å². The van der Waals surface area contributed by atoms with Gasteiger partial charge in [0.05, 0.1) is 17.9 Å². The quantitative estimate of drug-likeness (QED) is 0.0441. The van der Waals surface area contributed by atoms with Gasteiger partial charge in [0.1, 0.15) is 0 Å². The molecule has 0 amide bonds. The maximum absolute atomic E-state index is 10.4. The topological polar surface area (TPSA) is 120 Å². The summed E-state index contributed by atoms with van der Waals surface area (Å²) >= 11 is 13.6. The molecule has 0 fully saturated rings. The van der Waals surface area contributed by atoms with Crippen LogP contribution in [0.15, 0.2) is 0 Å². The summed E-state index contributed by atoms with van der Waals surface area (Å²) in [6.45, 7) is 15.0. The summed E-state index contributed by atoms with van der Waals surface area (Å²) in [5, 5.41) is 29.5. The minimum atomic E-state index is -1.04. The molecule has 6 unspecified atom stereocenters. The number of rotatable bonds is 27. The van der Waals surface area contributed by atoms with Crippen LogP contribution >= 0.6 is 37.9 Å². The molecule has 0 aromatic rings. The van der Waals surface area contributed by atoms with Crippen LogP contribution in [0.4, 0.5) is 0 Å². The fourth-order valence-corrected chi connectivity index (χ4v) is 6.69. The van der Waals surface area contributed by atoms with E-state index < -0.39 is 33.7 Å². The summed E-state index contributed by atoms with van der Waals surface area (Å²) < 4.78 is 1.46. The molecule has 0 spiro atoms. The van der Waals surface area contributed by atoms with E-state index in [9.17, 15) is 29.7 Å². The molecule has 0 saturated carbocycles. The van der Waals surface area contributed by atoms with Crippen molar-refractivity contribution < 1.29 is 29.7 Å². The van der Waals surface area contributed by atoms with Crippen LogP contribution in [0.5, 0.6) is 0 Å². The predicted molar refractivity (Wildman–Crippen MR) is 211 cm³/mol. The van der Waals surface area contributed by atoms with Gasteiger partial charge in [0.25, 0.3) is 0 Å². The summed E-state index contributed by atoms with van der Waals surface area (Å²) in [4.78, 5) is 31.3. The zero-order chi connectivity index (χ0) is 37.8. The number of carboxylic acids is 3. The van der Waals surface area contributed by atoms with E-state index in [1.54, 1.807) is 22.5 Å². The monoisotopic (exact) mass is 842 g/mol. The van der Waals surface area contributed by atoms with Gasteiger partial charge in [0.15, 0.2) is 0 Å². The van der Waals surface area contributed by atoms with E-state index in [1.165, 1.54) is 81.5 Å². The van der Waals surface area contributed by atoms with E-state index in [4.69, 9.17) is 0 Å². The number of unbranched alkanes of at least 4 members (excludes halogenated alkanes) is 8. The molecule has 48 heavy (non-hydrogen) atoms. The van der Waals surface area contributed by atoms with E-state index in [-0.39, 0.29) is 0 Å². The Labute approximate surface area is 327 Å². The number of carboxylic acid groups (broad SMARTS) is 3. The molecule has 0 aromatic carbocycles. The third-order valence-corrected chi connectivity index (χ3v) is 10.9. The molecule has 0 aliphatic heterocycles. The zero-order valence-electron chi connectivity index (χ0n) is 31.8. The van der Waals surface area contributed by atoms with Gasteiger partial charge in [0, 0.05) is 15.7 Å². The van der Waals surface area contributed by atoms with Gasteiger partial charge in [-0.2, -0.15) is 37.9 Å². The second kappa shape index (κ2) is 41.7. The van der Waals surface area contributed by atoms with E-state index in [0.717, 1.165) is 38.5 Å². The van der Waals surface area contributed by atoms with Crippen molar-refractivity contribution in [1.82, 2.24) is 0 Å². The third kappa shape index (κ3) is 40.7.